The van der Waals surface area contributed by atoms with E-state index in [9.17, 15) is 4.79 Å². The molecule has 2 fully saturated rings. The van der Waals surface area contributed by atoms with Crippen molar-refractivity contribution in [1.29, 1.82) is 0 Å². The van der Waals surface area contributed by atoms with Crippen LogP contribution in [0.3, 0.4) is 0 Å². The van der Waals surface area contributed by atoms with Crippen molar-refractivity contribution in [2.75, 3.05) is 25.4 Å². The molecule has 0 radical (unpaired) electrons. The molecule has 0 bridgehead atoms. The minimum atomic E-state index is -0.130. The molecule has 2 aliphatic rings. The van der Waals surface area contributed by atoms with E-state index in [1.807, 2.05) is 0 Å². The molecule has 2 aliphatic heterocycles. The van der Waals surface area contributed by atoms with Crippen molar-refractivity contribution in [2.45, 2.75) is 44.6 Å². The number of carbonyl (C=O) groups excluding carboxylic acids is 1. The third kappa shape index (κ3) is 2.70. The number of furan rings is 1. The van der Waals surface area contributed by atoms with Gasteiger partial charge in [0.25, 0.3) is 5.91 Å². The van der Waals surface area contributed by atoms with Crippen LogP contribution in [-0.2, 0) is 0 Å². The van der Waals surface area contributed by atoms with E-state index in [-0.39, 0.29) is 5.91 Å². The van der Waals surface area contributed by atoms with Crippen molar-refractivity contribution in [3.63, 3.8) is 0 Å². The Morgan fingerprint density at radius 1 is 1.36 bits per heavy atom. The molecular formula is C19H24ClN3O2. The lowest BCUT2D eigenvalue weighted by atomic mass is 9.90. The lowest BCUT2D eigenvalue weighted by molar-refractivity contribution is 0.0943. The van der Waals surface area contributed by atoms with E-state index in [0.29, 0.717) is 45.1 Å². The van der Waals surface area contributed by atoms with E-state index < -0.39 is 0 Å². The van der Waals surface area contributed by atoms with Gasteiger partial charge in [0.2, 0.25) is 0 Å². The average molecular weight is 362 g/mol. The zero-order valence-electron chi connectivity index (χ0n) is 14.5. The van der Waals surface area contributed by atoms with E-state index in [2.05, 4.69) is 10.2 Å². The first kappa shape index (κ1) is 16.7. The fraction of sp³-hybridized carbons (Fsp3) is 0.526. The number of hydrogen-bond donors (Lipinski definition) is 2. The van der Waals surface area contributed by atoms with Gasteiger partial charge >= 0.3 is 0 Å². The van der Waals surface area contributed by atoms with Crippen LogP contribution in [0.1, 0.15) is 48.2 Å². The lowest BCUT2D eigenvalue weighted by Gasteiger charge is -2.32. The van der Waals surface area contributed by atoms with Gasteiger partial charge in [-0.05, 0) is 64.3 Å². The summed E-state index contributed by atoms with van der Waals surface area (Å²) in [5.74, 6) is 0.449. The molecule has 0 aliphatic carbocycles. The summed E-state index contributed by atoms with van der Waals surface area (Å²) in [6, 6.07) is 3.43. The first-order valence-electron chi connectivity index (χ1n) is 9.02. The average Bonchev–Trinajstić information content (AvgIpc) is 3.21. The number of amides is 1. The van der Waals surface area contributed by atoms with Crippen molar-refractivity contribution in [1.82, 2.24) is 10.2 Å². The second kappa shape index (κ2) is 6.22. The third-order valence-corrected chi connectivity index (χ3v) is 6.36. The first-order valence-corrected chi connectivity index (χ1v) is 9.40. The number of hydrogen-bond acceptors (Lipinski definition) is 4. The van der Waals surface area contributed by atoms with E-state index in [1.165, 1.54) is 38.8 Å². The Morgan fingerprint density at radius 2 is 2.08 bits per heavy atom. The maximum atomic E-state index is 12.7. The van der Waals surface area contributed by atoms with Crippen molar-refractivity contribution in [3.05, 3.63) is 28.5 Å². The van der Waals surface area contributed by atoms with Crippen LogP contribution in [0.5, 0.6) is 0 Å². The lowest BCUT2D eigenvalue weighted by Crippen LogP contribution is -2.41. The molecule has 2 saturated heterocycles. The molecule has 25 heavy (non-hydrogen) atoms. The monoisotopic (exact) mass is 361 g/mol. The van der Waals surface area contributed by atoms with E-state index >= 15 is 0 Å². The highest BCUT2D eigenvalue weighted by Crippen LogP contribution is 2.41. The molecule has 134 valence electrons. The summed E-state index contributed by atoms with van der Waals surface area (Å²) in [7, 11) is 0. The molecular weight excluding hydrogens is 338 g/mol. The Labute approximate surface area is 152 Å². The number of benzene rings is 1. The van der Waals surface area contributed by atoms with E-state index in [1.54, 1.807) is 19.1 Å². The summed E-state index contributed by atoms with van der Waals surface area (Å²) < 4.78 is 5.70. The highest BCUT2D eigenvalue weighted by Gasteiger charge is 2.43. The summed E-state index contributed by atoms with van der Waals surface area (Å²) in [5, 5.41) is 4.17. The predicted molar refractivity (Wildman–Crippen MR) is 100 cm³/mol. The quantitative estimate of drug-likeness (QED) is 0.814. The second-order valence-electron chi connectivity index (χ2n) is 7.30. The number of nitrogen functional groups attached to an aromatic ring is 1. The van der Waals surface area contributed by atoms with Crippen LogP contribution in [0.25, 0.3) is 11.0 Å². The number of aryl methyl sites for hydroxylation is 1. The van der Waals surface area contributed by atoms with Crippen LogP contribution in [0.4, 0.5) is 5.69 Å². The topological polar surface area (TPSA) is 71.5 Å². The van der Waals surface area contributed by atoms with Gasteiger partial charge in [-0.2, -0.15) is 0 Å². The van der Waals surface area contributed by atoms with Crippen LogP contribution < -0.4 is 11.1 Å². The largest absolute Gasteiger partial charge is 0.459 e. The SMILES string of the molecule is Cc1oc2c(C(=O)NCCC34CCCN3CCC4)ccc(N)c2c1Cl. The molecule has 1 amide bonds. The minimum absolute atomic E-state index is 0.130. The number of nitrogens with zero attached hydrogens (tertiary/aromatic N) is 1. The first-order chi connectivity index (χ1) is 12.0. The van der Waals surface area contributed by atoms with Crippen molar-refractivity contribution < 1.29 is 9.21 Å². The van der Waals surface area contributed by atoms with Crippen LogP contribution in [0.2, 0.25) is 5.02 Å². The number of halogens is 1. The summed E-state index contributed by atoms with van der Waals surface area (Å²) in [4.78, 5) is 15.3. The molecule has 3 N–H and O–H groups in total. The number of anilines is 1. The number of fused-ring (bicyclic) bond motifs is 2. The Hall–Kier alpha value is -1.72. The molecule has 0 atom stereocenters. The Kier molecular flexibility index (Phi) is 4.16. The van der Waals surface area contributed by atoms with Crippen LogP contribution in [0.15, 0.2) is 16.5 Å². The van der Waals surface area contributed by atoms with Gasteiger partial charge < -0.3 is 15.5 Å². The van der Waals surface area contributed by atoms with Gasteiger partial charge in [0, 0.05) is 17.8 Å². The number of nitrogens with two attached hydrogens (primary N) is 1. The molecule has 1 aromatic carbocycles. The standard InChI is InChI=1S/C19H24ClN3O2/c1-12-16(20)15-14(21)5-4-13(17(15)25-12)18(24)22-9-8-19-6-2-10-23(19)11-3-7-19/h4-5H,2-3,6-11,21H2,1H3,(H,22,24). The zero-order valence-corrected chi connectivity index (χ0v) is 15.3. The molecule has 2 aromatic rings. The molecule has 0 unspecified atom stereocenters. The number of nitrogens with one attached hydrogen (secondary N) is 1. The van der Waals surface area contributed by atoms with Crippen molar-refractivity contribution in [3.8, 4) is 0 Å². The smallest absolute Gasteiger partial charge is 0.255 e. The van der Waals surface area contributed by atoms with Gasteiger partial charge in [0.15, 0.2) is 5.58 Å². The highest BCUT2D eigenvalue weighted by molar-refractivity contribution is 6.37. The molecule has 0 saturated carbocycles. The minimum Gasteiger partial charge on any atom is -0.459 e. The van der Waals surface area contributed by atoms with Crippen LogP contribution >= 0.6 is 11.6 Å². The number of carbonyl (C=O) groups is 1. The maximum Gasteiger partial charge on any atom is 0.255 e. The van der Waals surface area contributed by atoms with E-state index in [0.717, 1.165) is 6.42 Å². The van der Waals surface area contributed by atoms with Gasteiger partial charge in [-0.25, -0.2) is 0 Å². The van der Waals surface area contributed by atoms with Gasteiger partial charge in [-0.3, -0.25) is 9.69 Å². The molecule has 6 heteroatoms. The number of rotatable bonds is 4. The fourth-order valence-electron chi connectivity index (χ4n) is 4.62. The molecule has 4 rings (SSSR count). The summed E-state index contributed by atoms with van der Waals surface area (Å²) >= 11 is 6.26. The second-order valence-corrected chi connectivity index (χ2v) is 7.68. The van der Waals surface area contributed by atoms with Gasteiger partial charge in [0.1, 0.15) is 5.76 Å². The molecule has 3 heterocycles. The van der Waals surface area contributed by atoms with Gasteiger partial charge in [-0.15, -0.1) is 0 Å². The third-order valence-electron chi connectivity index (χ3n) is 5.91. The predicted octanol–water partition coefficient (Wildman–Crippen LogP) is 3.73. The summed E-state index contributed by atoms with van der Waals surface area (Å²) in [6.07, 6.45) is 6.06. The Balaban J connectivity index is 1.49. The molecule has 1 aromatic heterocycles. The Morgan fingerprint density at radius 3 is 2.80 bits per heavy atom. The highest BCUT2D eigenvalue weighted by atomic mass is 35.5. The summed E-state index contributed by atoms with van der Waals surface area (Å²) in [6.45, 7) is 4.86. The van der Waals surface area contributed by atoms with Crippen molar-refractivity contribution in [2.24, 2.45) is 0 Å². The van der Waals surface area contributed by atoms with Gasteiger partial charge in [-0.1, -0.05) is 11.6 Å². The fourth-order valence-corrected chi connectivity index (χ4v) is 4.85. The van der Waals surface area contributed by atoms with Crippen LogP contribution in [-0.4, -0.2) is 36.0 Å². The van der Waals surface area contributed by atoms with Crippen LogP contribution in [0, 0.1) is 6.92 Å². The zero-order chi connectivity index (χ0) is 17.6. The van der Waals surface area contributed by atoms with E-state index in [4.69, 9.17) is 21.8 Å². The Bertz CT molecular complexity index is 820. The van der Waals surface area contributed by atoms with Crippen molar-refractivity contribution >= 4 is 34.2 Å². The normalized spacial score (nSPS) is 19.4. The maximum absolute atomic E-state index is 12.7. The molecule has 0 spiro atoms. The summed E-state index contributed by atoms with van der Waals surface area (Å²) in [5.41, 5.74) is 7.81. The molecule has 5 nitrogen and oxygen atoms in total. The van der Waals surface area contributed by atoms with Gasteiger partial charge in [0.05, 0.1) is 16.0 Å².